The minimum atomic E-state index is -0.730. The maximum atomic E-state index is 12.6. The van der Waals surface area contributed by atoms with Gasteiger partial charge in [-0.05, 0) is 49.6 Å². The third-order valence-corrected chi connectivity index (χ3v) is 4.60. The molecule has 0 aliphatic heterocycles. The van der Waals surface area contributed by atoms with E-state index in [2.05, 4.69) is 15.8 Å². The summed E-state index contributed by atoms with van der Waals surface area (Å²) in [6, 6.07) is 11.6. The first-order valence-electron chi connectivity index (χ1n) is 9.94. The number of carbonyl (C=O) groups is 2. The van der Waals surface area contributed by atoms with E-state index >= 15 is 0 Å². The first kappa shape index (κ1) is 23.4. The molecule has 30 heavy (non-hydrogen) atoms. The third-order valence-electron chi connectivity index (χ3n) is 4.36. The van der Waals surface area contributed by atoms with Crippen LogP contribution in [0.2, 0.25) is 5.02 Å². The van der Waals surface area contributed by atoms with Crippen LogP contribution in [-0.4, -0.2) is 30.7 Å². The highest BCUT2D eigenvalue weighted by Crippen LogP contribution is 2.21. The predicted octanol–water partition coefficient (Wildman–Crippen LogP) is 4.34. The number of carbonyl (C=O) groups excluding carboxylic acids is 2. The maximum Gasteiger partial charge on any atom is 0.262 e. The Morgan fingerprint density at radius 1 is 1.17 bits per heavy atom. The molecule has 0 heterocycles. The van der Waals surface area contributed by atoms with Gasteiger partial charge in [0.15, 0.2) is 0 Å². The number of hydrazone groups is 1. The Kier molecular flexibility index (Phi) is 8.87. The van der Waals surface area contributed by atoms with Gasteiger partial charge in [-0.2, -0.15) is 5.10 Å². The Morgan fingerprint density at radius 3 is 2.50 bits per heavy atom. The molecule has 160 valence electrons. The van der Waals surface area contributed by atoms with Gasteiger partial charge in [-0.3, -0.25) is 9.59 Å². The Bertz CT molecular complexity index is 895. The highest BCUT2D eigenvalue weighted by Gasteiger charge is 2.24. The molecular weight excluding hydrogens is 402 g/mol. The quantitative estimate of drug-likeness (QED) is 0.459. The monoisotopic (exact) mass is 429 g/mol. The Hall–Kier alpha value is -2.86. The van der Waals surface area contributed by atoms with Crippen molar-refractivity contribution in [2.75, 3.05) is 6.61 Å². The molecule has 0 radical (unpaired) electrons. The number of nitrogens with one attached hydrogen (secondary N) is 2. The number of halogens is 1. The van der Waals surface area contributed by atoms with Crippen molar-refractivity contribution in [3.05, 3.63) is 64.2 Å². The summed E-state index contributed by atoms with van der Waals surface area (Å²) in [6.45, 7) is 8.24. The molecule has 0 spiro atoms. The zero-order valence-corrected chi connectivity index (χ0v) is 18.5. The zero-order valence-electron chi connectivity index (χ0n) is 17.7. The van der Waals surface area contributed by atoms with E-state index in [9.17, 15) is 9.59 Å². The lowest BCUT2D eigenvalue weighted by Crippen LogP contribution is -2.48. The van der Waals surface area contributed by atoms with Crippen molar-refractivity contribution in [3.63, 3.8) is 0 Å². The van der Waals surface area contributed by atoms with Gasteiger partial charge >= 0.3 is 0 Å². The normalized spacial score (nSPS) is 12.1. The van der Waals surface area contributed by atoms with Crippen LogP contribution < -0.4 is 15.5 Å². The fourth-order valence-corrected chi connectivity index (χ4v) is 2.84. The second-order valence-corrected chi connectivity index (χ2v) is 7.76. The van der Waals surface area contributed by atoms with Gasteiger partial charge in [-0.1, -0.05) is 50.1 Å². The van der Waals surface area contributed by atoms with E-state index in [0.717, 1.165) is 12.0 Å². The lowest BCUT2D eigenvalue weighted by Gasteiger charge is -2.20. The number of ether oxygens (including phenoxy) is 1. The van der Waals surface area contributed by atoms with E-state index in [1.54, 1.807) is 30.3 Å². The van der Waals surface area contributed by atoms with E-state index in [0.29, 0.717) is 28.5 Å². The Morgan fingerprint density at radius 2 is 1.87 bits per heavy atom. The summed E-state index contributed by atoms with van der Waals surface area (Å²) < 4.78 is 5.67. The summed E-state index contributed by atoms with van der Waals surface area (Å²) in [5.41, 5.74) is 4.71. The summed E-state index contributed by atoms with van der Waals surface area (Å²) in [4.78, 5) is 25.1. The number of hydrogen-bond acceptors (Lipinski definition) is 4. The smallest absolute Gasteiger partial charge is 0.262 e. The van der Waals surface area contributed by atoms with Gasteiger partial charge in [-0.25, -0.2) is 5.43 Å². The van der Waals surface area contributed by atoms with Crippen molar-refractivity contribution in [1.82, 2.24) is 10.7 Å². The fourth-order valence-electron chi connectivity index (χ4n) is 2.66. The number of amides is 2. The van der Waals surface area contributed by atoms with Crippen LogP contribution in [0.1, 0.15) is 48.7 Å². The van der Waals surface area contributed by atoms with Crippen LogP contribution in [0, 0.1) is 12.8 Å². The summed E-state index contributed by atoms with van der Waals surface area (Å²) in [5, 5.41) is 7.35. The lowest BCUT2D eigenvalue weighted by atomic mass is 10.0. The van der Waals surface area contributed by atoms with Crippen LogP contribution in [0.5, 0.6) is 5.75 Å². The molecule has 0 saturated heterocycles. The van der Waals surface area contributed by atoms with Crippen molar-refractivity contribution >= 4 is 29.6 Å². The highest BCUT2D eigenvalue weighted by atomic mass is 35.5. The van der Waals surface area contributed by atoms with Crippen LogP contribution in [-0.2, 0) is 4.79 Å². The lowest BCUT2D eigenvalue weighted by molar-refractivity contribution is -0.123. The van der Waals surface area contributed by atoms with Gasteiger partial charge < -0.3 is 10.1 Å². The molecule has 1 unspecified atom stereocenters. The summed E-state index contributed by atoms with van der Waals surface area (Å²) in [5.74, 6) is -0.200. The molecule has 0 aromatic heterocycles. The van der Waals surface area contributed by atoms with Gasteiger partial charge in [-0.15, -0.1) is 0 Å². The highest BCUT2D eigenvalue weighted by molar-refractivity contribution is 6.30. The molecule has 2 rings (SSSR count). The van der Waals surface area contributed by atoms with Crippen molar-refractivity contribution < 1.29 is 14.3 Å². The van der Waals surface area contributed by atoms with Crippen molar-refractivity contribution in [2.24, 2.45) is 11.0 Å². The van der Waals surface area contributed by atoms with Gasteiger partial charge in [0.25, 0.3) is 11.8 Å². The van der Waals surface area contributed by atoms with E-state index in [-0.39, 0.29) is 11.8 Å². The van der Waals surface area contributed by atoms with Crippen LogP contribution in [0.25, 0.3) is 0 Å². The molecule has 0 bridgehead atoms. The van der Waals surface area contributed by atoms with Gasteiger partial charge in [0.1, 0.15) is 11.8 Å². The summed E-state index contributed by atoms with van der Waals surface area (Å²) in [6.07, 6.45) is 2.35. The van der Waals surface area contributed by atoms with Crippen LogP contribution in [0.4, 0.5) is 0 Å². The number of aryl methyl sites for hydroxylation is 1. The van der Waals surface area contributed by atoms with Crippen molar-refractivity contribution in [2.45, 2.75) is 40.2 Å². The Labute approximate surface area is 182 Å². The average Bonchev–Trinajstić information content (AvgIpc) is 2.71. The molecule has 2 N–H and O–H groups in total. The molecule has 2 aromatic rings. The molecule has 0 aliphatic rings. The first-order valence-corrected chi connectivity index (χ1v) is 10.3. The van der Waals surface area contributed by atoms with Crippen molar-refractivity contribution in [1.29, 1.82) is 0 Å². The number of benzene rings is 2. The number of hydrogen-bond donors (Lipinski definition) is 2. The molecule has 2 aromatic carbocycles. The van der Waals surface area contributed by atoms with Crippen LogP contribution >= 0.6 is 11.6 Å². The molecule has 6 nitrogen and oxygen atoms in total. The second kappa shape index (κ2) is 11.4. The van der Waals surface area contributed by atoms with Gasteiger partial charge in [0.2, 0.25) is 0 Å². The van der Waals surface area contributed by atoms with E-state index in [1.807, 2.05) is 39.8 Å². The molecule has 0 saturated carbocycles. The van der Waals surface area contributed by atoms with Crippen LogP contribution in [0.3, 0.4) is 0 Å². The third kappa shape index (κ3) is 6.88. The van der Waals surface area contributed by atoms with E-state index < -0.39 is 11.9 Å². The van der Waals surface area contributed by atoms with Crippen molar-refractivity contribution in [3.8, 4) is 5.75 Å². The number of rotatable bonds is 9. The molecule has 0 fully saturated rings. The summed E-state index contributed by atoms with van der Waals surface area (Å²) in [7, 11) is 0. The van der Waals surface area contributed by atoms with Gasteiger partial charge in [0, 0.05) is 16.1 Å². The van der Waals surface area contributed by atoms with Gasteiger partial charge in [0.05, 0.1) is 12.8 Å². The minimum absolute atomic E-state index is 0.121. The fraction of sp³-hybridized carbons (Fsp3) is 0.348. The molecular formula is C23H28ClN3O3. The average molecular weight is 430 g/mol. The predicted molar refractivity (Wildman–Crippen MR) is 120 cm³/mol. The topological polar surface area (TPSA) is 79.8 Å². The molecule has 0 aliphatic carbocycles. The Balaban J connectivity index is 2.06. The summed E-state index contributed by atoms with van der Waals surface area (Å²) >= 11 is 6.06. The van der Waals surface area contributed by atoms with E-state index in [1.165, 1.54) is 6.21 Å². The van der Waals surface area contributed by atoms with Crippen LogP contribution in [0.15, 0.2) is 47.6 Å². The molecule has 2 amide bonds. The maximum absolute atomic E-state index is 12.6. The molecule has 7 heteroatoms. The first-order chi connectivity index (χ1) is 14.3. The standard InChI is InChI=1S/C23H28ClN3O3/c1-5-12-30-20-11-10-19(24)13-18(20)14-25-27-23(29)21(15(2)3)26-22(28)17-8-6-16(4)7-9-17/h6-11,13-15,21H,5,12H2,1-4H3,(H,26,28)(H,27,29)/b25-14-. The SMILES string of the molecule is CCCOc1ccc(Cl)cc1/C=N\NC(=O)C(NC(=O)c1ccc(C)cc1)C(C)C. The second-order valence-electron chi connectivity index (χ2n) is 7.33. The molecule has 1 atom stereocenters. The zero-order chi connectivity index (χ0) is 22.1. The largest absolute Gasteiger partial charge is 0.493 e. The van der Waals surface area contributed by atoms with E-state index in [4.69, 9.17) is 16.3 Å². The number of nitrogens with zero attached hydrogens (tertiary/aromatic N) is 1. The minimum Gasteiger partial charge on any atom is -0.493 e.